The standard InChI is InChI=1S/C17H15BrN2O2Se/c1-11(2)19(22)10-12-5-3-4-6-15(12)20-17(21)14-9-13(18)7-8-16(14)23-20/h3-11H,1-2H3. The third-order valence-corrected chi connectivity index (χ3v) is 6.27. The van der Waals surface area contributed by atoms with Gasteiger partial charge in [-0.3, -0.25) is 0 Å². The fourth-order valence-electron chi connectivity index (χ4n) is 2.22. The molecular weight excluding hydrogens is 423 g/mol. The second-order valence-corrected chi connectivity index (χ2v) is 8.46. The summed E-state index contributed by atoms with van der Waals surface area (Å²) in [5.41, 5.74) is 1.54. The predicted octanol–water partition coefficient (Wildman–Crippen LogP) is 3.15. The molecule has 0 bridgehead atoms. The van der Waals surface area contributed by atoms with Crippen molar-refractivity contribution in [1.29, 1.82) is 0 Å². The predicted molar refractivity (Wildman–Crippen MR) is 98.1 cm³/mol. The van der Waals surface area contributed by atoms with E-state index in [0.29, 0.717) is 0 Å². The molecule has 0 unspecified atom stereocenters. The van der Waals surface area contributed by atoms with Gasteiger partial charge in [-0.2, -0.15) is 0 Å². The number of para-hydroxylation sites is 1. The fourth-order valence-corrected chi connectivity index (χ4v) is 4.72. The Kier molecular flexibility index (Phi) is 4.57. The summed E-state index contributed by atoms with van der Waals surface area (Å²) < 4.78 is 4.65. The monoisotopic (exact) mass is 438 g/mol. The number of halogens is 1. The Morgan fingerprint density at radius 1 is 1.26 bits per heavy atom. The van der Waals surface area contributed by atoms with E-state index < -0.39 is 0 Å². The Labute approximate surface area is 148 Å². The van der Waals surface area contributed by atoms with E-state index in [1.165, 1.54) is 0 Å². The van der Waals surface area contributed by atoms with E-state index >= 15 is 0 Å². The van der Waals surface area contributed by atoms with Crippen molar-refractivity contribution in [3.63, 3.8) is 0 Å². The van der Waals surface area contributed by atoms with Gasteiger partial charge < -0.3 is 0 Å². The summed E-state index contributed by atoms with van der Waals surface area (Å²) in [6.07, 6.45) is 1.56. The van der Waals surface area contributed by atoms with Crippen LogP contribution in [0.1, 0.15) is 19.4 Å². The van der Waals surface area contributed by atoms with Crippen LogP contribution in [0.15, 0.2) is 51.7 Å². The molecule has 4 nitrogen and oxygen atoms in total. The molecule has 0 radical (unpaired) electrons. The van der Waals surface area contributed by atoms with Crippen LogP contribution in [0, 0.1) is 5.21 Å². The van der Waals surface area contributed by atoms with Gasteiger partial charge in [-0.1, -0.05) is 0 Å². The average molecular weight is 438 g/mol. The second-order valence-electron chi connectivity index (χ2n) is 5.47. The average Bonchev–Trinajstić information content (AvgIpc) is 2.84. The van der Waals surface area contributed by atoms with Gasteiger partial charge in [0, 0.05) is 0 Å². The van der Waals surface area contributed by atoms with Crippen LogP contribution in [0.4, 0.5) is 0 Å². The minimum absolute atomic E-state index is 0.0101. The summed E-state index contributed by atoms with van der Waals surface area (Å²) in [4.78, 5) is 12.7. The van der Waals surface area contributed by atoms with Crippen molar-refractivity contribution in [1.82, 2.24) is 3.56 Å². The molecule has 0 spiro atoms. The molecule has 118 valence electrons. The van der Waals surface area contributed by atoms with Gasteiger partial charge in [0.2, 0.25) is 0 Å². The zero-order valence-corrected chi connectivity index (χ0v) is 16.0. The fraction of sp³-hybridized carbons (Fsp3) is 0.176. The van der Waals surface area contributed by atoms with Crippen LogP contribution in [0.25, 0.3) is 15.3 Å². The zero-order valence-electron chi connectivity index (χ0n) is 12.7. The number of hydroxylamine groups is 1. The van der Waals surface area contributed by atoms with Crippen LogP contribution in [0.5, 0.6) is 0 Å². The van der Waals surface area contributed by atoms with E-state index in [9.17, 15) is 10.0 Å². The van der Waals surface area contributed by atoms with Gasteiger partial charge in [0.25, 0.3) is 0 Å². The van der Waals surface area contributed by atoms with Crippen molar-refractivity contribution >= 4 is 46.5 Å². The van der Waals surface area contributed by atoms with E-state index in [1.54, 1.807) is 9.78 Å². The molecule has 2 aromatic carbocycles. The summed E-state index contributed by atoms with van der Waals surface area (Å²) in [5.74, 6) is 0. The van der Waals surface area contributed by atoms with Crippen molar-refractivity contribution in [3.8, 4) is 5.69 Å². The van der Waals surface area contributed by atoms with Crippen LogP contribution in [0.3, 0.4) is 0 Å². The van der Waals surface area contributed by atoms with Crippen LogP contribution in [-0.2, 0) is 0 Å². The molecule has 0 N–H and O–H groups in total. The molecule has 0 amide bonds. The van der Waals surface area contributed by atoms with Gasteiger partial charge in [0.15, 0.2) is 0 Å². The number of rotatable bonds is 3. The Balaban J connectivity index is 2.22. The molecule has 0 aliphatic heterocycles. The van der Waals surface area contributed by atoms with Crippen LogP contribution in [0.2, 0.25) is 0 Å². The topological polar surface area (TPSA) is 48.1 Å². The number of hydrogen-bond donors (Lipinski definition) is 0. The summed E-state index contributed by atoms with van der Waals surface area (Å²) in [5, 5.41) is 12.7. The first-order valence-corrected chi connectivity index (χ1v) is 9.60. The first-order chi connectivity index (χ1) is 11.0. The van der Waals surface area contributed by atoms with Crippen molar-refractivity contribution in [2.24, 2.45) is 0 Å². The molecule has 23 heavy (non-hydrogen) atoms. The second kappa shape index (κ2) is 6.48. The molecule has 1 heterocycles. The molecule has 1 aromatic heterocycles. The van der Waals surface area contributed by atoms with E-state index in [1.807, 2.05) is 56.3 Å². The maximum atomic E-state index is 12.7. The van der Waals surface area contributed by atoms with Gasteiger partial charge in [-0.05, 0) is 0 Å². The summed E-state index contributed by atoms with van der Waals surface area (Å²) in [6, 6.07) is 13.2. The molecule has 3 aromatic rings. The number of fused-ring (bicyclic) bond motifs is 1. The van der Waals surface area contributed by atoms with Crippen LogP contribution < -0.4 is 5.56 Å². The molecule has 0 fully saturated rings. The van der Waals surface area contributed by atoms with Crippen molar-refractivity contribution in [2.45, 2.75) is 19.9 Å². The molecule has 0 saturated carbocycles. The normalized spacial score (nSPS) is 12.3. The Morgan fingerprint density at radius 3 is 2.74 bits per heavy atom. The van der Waals surface area contributed by atoms with Gasteiger partial charge in [-0.15, -0.1) is 0 Å². The SMILES string of the molecule is CC(C)[N+]([O-])=Cc1ccccc1-n1[se]c2ccc(Br)cc2c1=O. The summed E-state index contributed by atoms with van der Waals surface area (Å²) >= 11 is 3.29. The van der Waals surface area contributed by atoms with E-state index in [4.69, 9.17) is 0 Å². The molecule has 0 saturated heterocycles. The Hall–Kier alpha value is -1.62. The van der Waals surface area contributed by atoms with E-state index in [2.05, 4.69) is 15.9 Å². The van der Waals surface area contributed by atoms with Gasteiger partial charge >= 0.3 is 148 Å². The zero-order chi connectivity index (χ0) is 16.6. The molecule has 3 rings (SSSR count). The maximum absolute atomic E-state index is 12.7. The summed E-state index contributed by atoms with van der Waals surface area (Å²) in [7, 11) is 0. The van der Waals surface area contributed by atoms with Crippen LogP contribution in [-0.4, -0.2) is 35.3 Å². The molecule has 0 atom stereocenters. The molecule has 0 aliphatic rings. The van der Waals surface area contributed by atoms with Gasteiger partial charge in [0.1, 0.15) is 0 Å². The quantitative estimate of drug-likeness (QED) is 0.208. The van der Waals surface area contributed by atoms with E-state index in [-0.39, 0.29) is 26.3 Å². The van der Waals surface area contributed by atoms with Crippen molar-refractivity contribution in [2.75, 3.05) is 0 Å². The van der Waals surface area contributed by atoms with Gasteiger partial charge in [0.05, 0.1) is 0 Å². The summed E-state index contributed by atoms with van der Waals surface area (Å²) in [6.45, 7) is 3.68. The Bertz CT molecular complexity index is 957. The molecular formula is C17H15BrN2O2Se. The van der Waals surface area contributed by atoms with Gasteiger partial charge in [-0.25, -0.2) is 0 Å². The van der Waals surface area contributed by atoms with E-state index in [0.717, 1.165) is 30.1 Å². The third kappa shape index (κ3) is 3.20. The number of aromatic nitrogens is 1. The third-order valence-electron chi connectivity index (χ3n) is 3.48. The first-order valence-electron chi connectivity index (χ1n) is 7.18. The first kappa shape index (κ1) is 16.2. The van der Waals surface area contributed by atoms with Crippen molar-refractivity contribution in [3.05, 3.63) is 68.1 Å². The molecule has 6 heteroatoms. The van der Waals surface area contributed by atoms with Crippen molar-refractivity contribution < 1.29 is 4.74 Å². The Morgan fingerprint density at radius 2 is 2.00 bits per heavy atom. The van der Waals surface area contributed by atoms with Crippen LogP contribution >= 0.6 is 15.9 Å². The number of benzene rings is 2. The minimum atomic E-state index is -0.143. The molecule has 0 aliphatic carbocycles. The number of nitrogens with zero attached hydrogens (tertiary/aromatic N) is 2. The number of hydrogen-bond acceptors (Lipinski definition) is 2.